The molecule has 0 radical (unpaired) electrons. The Kier molecular flexibility index (Phi) is 7.74. The minimum atomic E-state index is -0.759. The molecule has 0 saturated heterocycles. The number of urea groups is 1. The molecule has 0 fully saturated rings. The van der Waals surface area contributed by atoms with Gasteiger partial charge in [0.1, 0.15) is 5.75 Å². The zero-order chi connectivity index (χ0) is 16.5. The van der Waals surface area contributed by atoms with E-state index in [1.54, 1.807) is 19.2 Å². The summed E-state index contributed by atoms with van der Waals surface area (Å²) in [6.07, 6.45) is 1.29. The van der Waals surface area contributed by atoms with Crippen molar-refractivity contribution in [3.63, 3.8) is 0 Å². The van der Waals surface area contributed by atoms with Gasteiger partial charge in [0.2, 0.25) is 0 Å². The van der Waals surface area contributed by atoms with E-state index in [-0.39, 0.29) is 18.6 Å². The van der Waals surface area contributed by atoms with Crippen molar-refractivity contribution in [3.05, 3.63) is 29.8 Å². The van der Waals surface area contributed by atoms with E-state index >= 15 is 0 Å². The molecule has 2 amide bonds. The summed E-state index contributed by atoms with van der Waals surface area (Å²) in [4.78, 5) is 11.8. The summed E-state index contributed by atoms with van der Waals surface area (Å²) in [5.41, 5.74) is 0.715. The highest BCUT2D eigenvalue weighted by Crippen LogP contribution is 2.18. The highest BCUT2D eigenvalue weighted by molar-refractivity contribution is 5.74. The van der Waals surface area contributed by atoms with Crippen LogP contribution in [0.15, 0.2) is 24.3 Å². The van der Waals surface area contributed by atoms with Crippen LogP contribution in [0, 0.1) is 5.92 Å². The summed E-state index contributed by atoms with van der Waals surface area (Å²) in [5.74, 6) is 1.26. The van der Waals surface area contributed by atoms with Crippen molar-refractivity contribution >= 4 is 6.03 Å². The molecule has 124 valence electrons. The molecule has 0 aliphatic carbocycles. The number of aliphatic hydroxyl groups excluding tert-OH is 1. The van der Waals surface area contributed by atoms with Crippen molar-refractivity contribution in [2.75, 3.05) is 13.7 Å². The molecule has 0 heterocycles. The van der Waals surface area contributed by atoms with Crippen molar-refractivity contribution < 1.29 is 14.6 Å². The fourth-order valence-electron chi connectivity index (χ4n) is 2.26. The molecule has 0 bridgehead atoms. The molecule has 3 unspecified atom stereocenters. The monoisotopic (exact) mass is 308 g/mol. The second-order valence-corrected chi connectivity index (χ2v) is 5.80. The number of nitrogens with one attached hydrogen (secondary N) is 2. The Balaban J connectivity index is 2.39. The minimum absolute atomic E-state index is 0.115. The van der Waals surface area contributed by atoms with E-state index in [4.69, 9.17) is 4.74 Å². The number of rotatable bonds is 8. The van der Waals surface area contributed by atoms with Crippen molar-refractivity contribution in [1.82, 2.24) is 10.6 Å². The number of carbonyl (C=O) groups is 1. The molecule has 3 N–H and O–H groups in total. The molecule has 3 atom stereocenters. The molecule has 5 heteroatoms. The van der Waals surface area contributed by atoms with E-state index in [0.29, 0.717) is 17.2 Å². The van der Waals surface area contributed by atoms with Gasteiger partial charge in [-0.05, 0) is 37.0 Å². The lowest BCUT2D eigenvalue weighted by Gasteiger charge is -2.19. The van der Waals surface area contributed by atoms with E-state index in [1.807, 2.05) is 19.1 Å². The van der Waals surface area contributed by atoms with E-state index < -0.39 is 6.10 Å². The summed E-state index contributed by atoms with van der Waals surface area (Å²) < 4.78 is 5.12. The van der Waals surface area contributed by atoms with Gasteiger partial charge in [-0.2, -0.15) is 0 Å². The number of amides is 2. The third-order valence-corrected chi connectivity index (χ3v) is 3.76. The standard InChI is InChI=1S/C17H28N2O3/c1-5-12(2)9-13(3)19-17(21)18-11-16(20)14-7-6-8-15(10-14)22-4/h6-8,10,12-13,16,20H,5,9,11H2,1-4H3,(H2,18,19,21). The zero-order valence-corrected chi connectivity index (χ0v) is 13.9. The average Bonchev–Trinajstić information content (AvgIpc) is 2.52. The Morgan fingerprint density at radius 1 is 1.36 bits per heavy atom. The molecular formula is C17H28N2O3. The van der Waals surface area contributed by atoms with E-state index in [9.17, 15) is 9.90 Å². The predicted molar refractivity (Wildman–Crippen MR) is 88.0 cm³/mol. The lowest BCUT2D eigenvalue weighted by atomic mass is 10.0. The van der Waals surface area contributed by atoms with Crippen molar-refractivity contribution in [2.24, 2.45) is 5.92 Å². The fraction of sp³-hybridized carbons (Fsp3) is 0.588. The number of hydrogen-bond acceptors (Lipinski definition) is 3. The topological polar surface area (TPSA) is 70.6 Å². The highest BCUT2D eigenvalue weighted by atomic mass is 16.5. The number of carbonyl (C=O) groups excluding carboxylic acids is 1. The maximum absolute atomic E-state index is 11.8. The Hall–Kier alpha value is -1.75. The van der Waals surface area contributed by atoms with Gasteiger partial charge < -0.3 is 20.5 Å². The predicted octanol–water partition coefficient (Wildman–Crippen LogP) is 2.85. The third-order valence-electron chi connectivity index (χ3n) is 3.76. The first kappa shape index (κ1) is 18.3. The van der Waals surface area contributed by atoms with Gasteiger partial charge in [0, 0.05) is 12.6 Å². The summed E-state index contributed by atoms with van der Waals surface area (Å²) in [6, 6.07) is 7.05. The van der Waals surface area contributed by atoms with Gasteiger partial charge in [0.05, 0.1) is 13.2 Å². The molecule has 0 spiro atoms. The number of methoxy groups -OCH3 is 1. The molecule has 1 rings (SSSR count). The number of aliphatic hydroxyl groups is 1. The fourth-order valence-corrected chi connectivity index (χ4v) is 2.26. The Morgan fingerprint density at radius 2 is 2.09 bits per heavy atom. The molecule has 0 aromatic heterocycles. The Morgan fingerprint density at radius 3 is 2.73 bits per heavy atom. The Labute approximate surface area is 133 Å². The molecule has 0 aliphatic rings. The van der Waals surface area contributed by atoms with E-state index in [1.165, 1.54) is 0 Å². The minimum Gasteiger partial charge on any atom is -0.497 e. The van der Waals surface area contributed by atoms with Crippen LogP contribution in [-0.2, 0) is 0 Å². The zero-order valence-electron chi connectivity index (χ0n) is 13.9. The van der Waals surface area contributed by atoms with Gasteiger partial charge in [-0.15, -0.1) is 0 Å². The second-order valence-electron chi connectivity index (χ2n) is 5.80. The number of benzene rings is 1. The van der Waals surface area contributed by atoms with Crippen LogP contribution in [0.5, 0.6) is 5.75 Å². The lowest BCUT2D eigenvalue weighted by molar-refractivity contribution is 0.172. The van der Waals surface area contributed by atoms with E-state index in [2.05, 4.69) is 24.5 Å². The maximum Gasteiger partial charge on any atom is 0.315 e. The van der Waals surface area contributed by atoms with Gasteiger partial charge in [-0.1, -0.05) is 32.4 Å². The summed E-state index contributed by atoms with van der Waals surface area (Å²) in [5, 5.41) is 15.7. The molecule has 22 heavy (non-hydrogen) atoms. The van der Waals surface area contributed by atoms with Gasteiger partial charge in [-0.25, -0.2) is 4.79 Å². The first-order valence-electron chi connectivity index (χ1n) is 7.82. The van der Waals surface area contributed by atoms with Crippen LogP contribution in [0.2, 0.25) is 0 Å². The third kappa shape index (κ3) is 6.35. The Bertz CT molecular complexity index is 465. The van der Waals surface area contributed by atoms with Crippen molar-refractivity contribution in [2.45, 2.75) is 45.8 Å². The van der Waals surface area contributed by atoms with Crippen LogP contribution in [0.4, 0.5) is 4.79 Å². The first-order valence-corrected chi connectivity index (χ1v) is 7.82. The largest absolute Gasteiger partial charge is 0.497 e. The van der Waals surface area contributed by atoms with Crippen LogP contribution < -0.4 is 15.4 Å². The van der Waals surface area contributed by atoms with Crippen molar-refractivity contribution in [1.29, 1.82) is 0 Å². The lowest BCUT2D eigenvalue weighted by Crippen LogP contribution is -2.42. The molecule has 5 nitrogen and oxygen atoms in total. The summed E-state index contributed by atoms with van der Waals surface area (Å²) >= 11 is 0. The van der Waals surface area contributed by atoms with Gasteiger partial charge in [-0.3, -0.25) is 0 Å². The number of hydrogen-bond donors (Lipinski definition) is 3. The normalized spacial score (nSPS) is 14.8. The summed E-state index contributed by atoms with van der Waals surface area (Å²) in [7, 11) is 1.58. The molecule has 1 aromatic rings. The summed E-state index contributed by atoms with van der Waals surface area (Å²) in [6.45, 7) is 6.46. The molecule has 0 saturated carbocycles. The average molecular weight is 308 g/mol. The molecule has 0 aliphatic heterocycles. The van der Waals surface area contributed by atoms with Gasteiger partial charge >= 0.3 is 6.03 Å². The van der Waals surface area contributed by atoms with Crippen LogP contribution >= 0.6 is 0 Å². The van der Waals surface area contributed by atoms with E-state index in [0.717, 1.165) is 12.8 Å². The van der Waals surface area contributed by atoms with Crippen LogP contribution in [0.25, 0.3) is 0 Å². The quantitative estimate of drug-likeness (QED) is 0.691. The smallest absolute Gasteiger partial charge is 0.315 e. The molecular weight excluding hydrogens is 280 g/mol. The first-order chi connectivity index (χ1) is 10.5. The van der Waals surface area contributed by atoms with Crippen LogP contribution in [0.1, 0.15) is 45.3 Å². The van der Waals surface area contributed by atoms with Gasteiger partial charge in [0.25, 0.3) is 0 Å². The second kappa shape index (κ2) is 9.30. The van der Waals surface area contributed by atoms with Crippen LogP contribution in [0.3, 0.4) is 0 Å². The van der Waals surface area contributed by atoms with Crippen molar-refractivity contribution in [3.8, 4) is 5.75 Å². The van der Waals surface area contributed by atoms with Gasteiger partial charge in [0.15, 0.2) is 0 Å². The number of ether oxygens (including phenoxy) is 1. The highest BCUT2D eigenvalue weighted by Gasteiger charge is 2.13. The van der Waals surface area contributed by atoms with Crippen LogP contribution in [-0.4, -0.2) is 30.8 Å². The molecule has 1 aromatic carbocycles. The SMILES string of the molecule is CCC(C)CC(C)NC(=O)NCC(O)c1cccc(OC)c1. The maximum atomic E-state index is 11.8.